The molecule has 1 unspecified atom stereocenters. The molecule has 3 N–H and O–H groups in total. The van der Waals surface area contributed by atoms with Gasteiger partial charge >= 0.3 is 0 Å². The lowest BCUT2D eigenvalue weighted by molar-refractivity contribution is 0.506. The summed E-state index contributed by atoms with van der Waals surface area (Å²) in [6.07, 6.45) is 2.00. The average molecular weight is 248 g/mol. The number of hydrogen-bond acceptors (Lipinski definition) is 3. The standard InChI is InChI=1S/C12H16N4S/c1-9(16-11(13)14-15-12(16)17)7-8-10-5-3-2-4-6-10/h2-6,9H,7-8H2,1H3,(H2,13,14)(H,15,17). The molecular weight excluding hydrogens is 232 g/mol. The molecule has 90 valence electrons. The van der Waals surface area contributed by atoms with E-state index in [2.05, 4.69) is 41.4 Å². The van der Waals surface area contributed by atoms with Crippen LogP contribution in [0.15, 0.2) is 30.3 Å². The highest BCUT2D eigenvalue weighted by Crippen LogP contribution is 2.17. The second-order valence-electron chi connectivity index (χ2n) is 4.13. The van der Waals surface area contributed by atoms with Crippen molar-refractivity contribution in [2.24, 2.45) is 0 Å². The van der Waals surface area contributed by atoms with Crippen LogP contribution in [0.1, 0.15) is 24.9 Å². The van der Waals surface area contributed by atoms with Gasteiger partial charge in [0.2, 0.25) is 5.95 Å². The van der Waals surface area contributed by atoms with Crippen LogP contribution in [0.25, 0.3) is 0 Å². The molecule has 2 aromatic rings. The van der Waals surface area contributed by atoms with Crippen molar-refractivity contribution in [3.63, 3.8) is 0 Å². The zero-order valence-corrected chi connectivity index (χ0v) is 10.6. The smallest absolute Gasteiger partial charge is 0.220 e. The first kappa shape index (κ1) is 11.9. The number of H-pyrrole nitrogens is 1. The van der Waals surface area contributed by atoms with E-state index in [1.807, 2.05) is 10.6 Å². The molecule has 0 amide bonds. The van der Waals surface area contributed by atoms with E-state index in [1.165, 1.54) is 5.56 Å². The van der Waals surface area contributed by atoms with Crippen LogP contribution in [-0.4, -0.2) is 14.8 Å². The second-order valence-corrected chi connectivity index (χ2v) is 4.52. The van der Waals surface area contributed by atoms with Gasteiger partial charge in [0.05, 0.1) is 0 Å². The zero-order chi connectivity index (χ0) is 12.3. The van der Waals surface area contributed by atoms with Gasteiger partial charge in [0, 0.05) is 6.04 Å². The number of hydrogen-bond donors (Lipinski definition) is 2. The molecule has 0 saturated heterocycles. The van der Waals surface area contributed by atoms with Crippen molar-refractivity contribution in [1.82, 2.24) is 14.8 Å². The third kappa shape index (κ3) is 2.74. The number of aromatic amines is 1. The molecule has 0 aliphatic carbocycles. The highest BCUT2D eigenvalue weighted by Gasteiger charge is 2.10. The fourth-order valence-corrected chi connectivity index (χ4v) is 2.21. The number of anilines is 1. The first-order valence-electron chi connectivity index (χ1n) is 5.65. The summed E-state index contributed by atoms with van der Waals surface area (Å²) in [7, 11) is 0. The van der Waals surface area contributed by atoms with Gasteiger partial charge in [-0.2, -0.15) is 0 Å². The van der Waals surface area contributed by atoms with Crippen LogP contribution in [0.2, 0.25) is 0 Å². The predicted molar refractivity (Wildman–Crippen MR) is 71.3 cm³/mol. The van der Waals surface area contributed by atoms with Crippen LogP contribution < -0.4 is 5.73 Å². The Morgan fingerprint density at radius 1 is 1.41 bits per heavy atom. The SMILES string of the molecule is CC(CCc1ccccc1)n1c(N)n[nH]c1=S. The molecule has 4 nitrogen and oxygen atoms in total. The number of nitrogens with zero attached hydrogens (tertiary/aromatic N) is 2. The van der Waals surface area contributed by atoms with Crippen LogP contribution >= 0.6 is 12.2 Å². The minimum atomic E-state index is 0.251. The van der Waals surface area contributed by atoms with Crippen LogP contribution in [-0.2, 0) is 6.42 Å². The van der Waals surface area contributed by atoms with Crippen molar-refractivity contribution < 1.29 is 0 Å². The Kier molecular flexibility index (Phi) is 3.58. The molecule has 0 aliphatic heterocycles. The Morgan fingerprint density at radius 2 is 2.12 bits per heavy atom. The van der Waals surface area contributed by atoms with Crippen molar-refractivity contribution in [2.45, 2.75) is 25.8 Å². The van der Waals surface area contributed by atoms with E-state index < -0.39 is 0 Å². The largest absolute Gasteiger partial charge is 0.368 e. The molecule has 5 heteroatoms. The highest BCUT2D eigenvalue weighted by molar-refractivity contribution is 7.71. The van der Waals surface area contributed by atoms with Gasteiger partial charge in [-0.25, -0.2) is 5.10 Å². The number of benzene rings is 1. The third-order valence-electron chi connectivity index (χ3n) is 2.87. The average Bonchev–Trinajstić information content (AvgIpc) is 2.67. The second kappa shape index (κ2) is 5.14. The summed E-state index contributed by atoms with van der Waals surface area (Å²) in [6.45, 7) is 2.10. The van der Waals surface area contributed by atoms with E-state index in [-0.39, 0.29) is 6.04 Å². The zero-order valence-electron chi connectivity index (χ0n) is 9.76. The summed E-state index contributed by atoms with van der Waals surface area (Å²) >= 11 is 5.14. The van der Waals surface area contributed by atoms with Gasteiger partial charge in [0.1, 0.15) is 0 Å². The molecule has 0 fully saturated rings. The lowest BCUT2D eigenvalue weighted by Gasteiger charge is -2.13. The minimum absolute atomic E-state index is 0.251. The Labute approximate surface area is 105 Å². The summed E-state index contributed by atoms with van der Waals surface area (Å²) in [5.74, 6) is 0.454. The fourth-order valence-electron chi connectivity index (χ4n) is 1.89. The Hall–Kier alpha value is -1.62. The number of aryl methyl sites for hydroxylation is 1. The van der Waals surface area contributed by atoms with E-state index in [0.29, 0.717) is 10.7 Å². The number of nitrogen functional groups attached to an aromatic ring is 1. The normalized spacial score (nSPS) is 12.5. The van der Waals surface area contributed by atoms with E-state index >= 15 is 0 Å². The van der Waals surface area contributed by atoms with Crippen LogP contribution in [0.3, 0.4) is 0 Å². The van der Waals surface area contributed by atoms with E-state index in [0.717, 1.165) is 12.8 Å². The number of rotatable bonds is 4. The van der Waals surface area contributed by atoms with Crippen molar-refractivity contribution in [3.8, 4) is 0 Å². The van der Waals surface area contributed by atoms with Gasteiger partial charge in [-0.05, 0) is 37.5 Å². The van der Waals surface area contributed by atoms with E-state index in [4.69, 9.17) is 18.0 Å². The molecule has 0 saturated carbocycles. The van der Waals surface area contributed by atoms with Gasteiger partial charge in [0.25, 0.3) is 0 Å². The molecule has 0 aliphatic rings. The summed E-state index contributed by atoms with van der Waals surface area (Å²) in [5.41, 5.74) is 7.09. The van der Waals surface area contributed by atoms with Gasteiger partial charge < -0.3 is 5.73 Å². The summed E-state index contributed by atoms with van der Waals surface area (Å²) in [4.78, 5) is 0. The number of aromatic nitrogens is 3. The fraction of sp³-hybridized carbons (Fsp3) is 0.333. The first-order valence-corrected chi connectivity index (χ1v) is 6.05. The maximum atomic E-state index is 5.77. The predicted octanol–water partition coefficient (Wildman–Crippen LogP) is 2.72. The molecular formula is C12H16N4S. The maximum Gasteiger partial charge on any atom is 0.220 e. The Balaban J connectivity index is 2.03. The summed E-state index contributed by atoms with van der Waals surface area (Å²) in [5, 5.41) is 6.62. The van der Waals surface area contributed by atoms with E-state index in [1.54, 1.807) is 0 Å². The molecule has 1 atom stereocenters. The molecule has 1 aromatic heterocycles. The van der Waals surface area contributed by atoms with Crippen molar-refractivity contribution in [1.29, 1.82) is 0 Å². The summed E-state index contributed by atoms with van der Waals surface area (Å²) in [6, 6.07) is 10.6. The topological polar surface area (TPSA) is 59.6 Å². The monoisotopic (exact) mass is 248 g/mol. The van der Waals surface area contributed by atoms with Gasteiger partial charge in [-0.15, -0.1) is 5.10 Å². The van der Waals surface area contributed by atoms with Crippen molar-refractivity contribution in [3.05, 3.63) is 40.7 Å². The lowest BCUT2D eigenvalue weighted by atomic mass is 10.1. The third-order valence-corrected chi connectivity index (χ3v) is 3.15. The van der Waals surface area contributed by atoms with Crippen LogP contribution in [0.4, 0.5) is 5.95 Å². The molecule has 0 radical (unpaired) electrons. The van der Waals surface area contributed by atoms with Gasteiger partial charge in [-0.3, -0.25) is 4.57 Å². The van der Waals surface area contributed by atoms with Gasteiger partial charge in [-0.1, -0.05) is 30.3 Å². The first-order chi connectivity index (χ1) is 8.18. The number of nitrogens with two attached hydrogens (primary N) is 1. The Morgan fingerprint density at radius 3 is 2.71 bits per heavy atom. The molecule has 1 aromatic carbocycles. The molecule has 2 rings (SSSR count). The lowest BCUT2D eigenvalue weighted by Crippen LogP contribution is -2.10. The molecule has 0 spiro atoms. The molecule has 1 heterocycles. The van der Waals surface area contributed by atoms with Crippen molar-refractivity contribution in [2.75, 3.05) is 5.73 Å². The summed E-state index contributed by atoms with van der Waals surface area (Å²) < 4.78 is 2.45. The number of nitrogens with one attached hydrogen (secondary N) is 1. The maximum absolute atomic E-state index is 5.77. The Bertz CT molecular complexity index is 529. The van der Waals surface area contributed by atoms with E-state index in [9.17, 15) is 0 Å². The van der Waals surface area contributed by atoms with Crippen LogP contribution in [0.5, 0.6) is 0 Å². The molecule has 0 bridgehead atoms. The highest BCUT2D eigenvalue weighted by atomic mass is 32.1. The quantitative estimate of drug-likeness (QED) is 0.818. The van der Waals surface area contributed by atoms with Crippen molar-refractivity contribution >= 4 is 18.2 Å². The molecule has 17 heavy (non-hydrogen) atoms. The van der Waals surface area contributed by atoms with Crippen LogP contribution in [0, 0.1) is 4.77 Å². The van der Waals surface area contributed by atoms with Gasteiger partial charge in [0.15, 0.2) is 4.77 Å². The minimum Gasteiger partial charge on any atom is -0.368 e.